The van der Waals surface area contributed by atoms with Gasteiger partial charge in [0.25, 0.3) is 0 Å². The molecule has 17 unspecified atom stereocenters. The maximum Gasteiger partial charge on any atom is 0.220 e. The molecular weight excluding hydrogens is 999 g/mol. The fourth-order valence-corrected chi connectivity index (χ4v) is 9.83. The number of amides is 1. The Balaban J connectivity index is 1.50. The highest BCUT2D eigenvalue weighted by Gasteiger charge is 2.53. The molecule has 0 radical (unpaired) electrons. The zero-order valence-corrected chi connectivity index (χ0v) is 46.4. The molecule has 19 nitrogen and oxygen atoms in total. The lowest BCUT2D eigenvalue weighted by Crippen LogP contribution is -2.66. The van der Waals surface area contributed by atoms with Crippen LogP contribution in [-0.4, -0.2) is 193 Å². The van der Waals surface area contributed by atoms with Gasteiger partial charge in [0.15, 0.2) is 18.9 Å². The zero-order valence-electron chi connectivity index (χ0n) is 46.4. The monoisotopic (exact) mass is 1100 g/mol. The summed E-state index contributed by atoms with van der Waals surface area (Å²) in [6.07, 6.45) is 17.6. The Bertz CT molecular complexity index is 1600. The predicted octanol–water partition coefficient (Wildman–Crippen LogP) is 4.70. The van der Waals surface area contributed by atoms with Crippen molar-refractivity contribution in [3.8, 4) is 0 Å². The van der Waals surface area contributed by atoms with Gasteiger partial charge in [0.05, 0.1) is 38.6 Å². The van der Waals surface area contributed by atoms with E-state index in [-0.39, 0.29) is 18.9 Å². The van der Waals surface area contributed by atoms with Gasteiger partial charge in [0.2, 0.25) is 5.91 Å². The number of hydrogen-bond donors (Lipinski definition) is 12. The van der Waals surface area contributed by atoms with E-state index in [9.17, 15) is 61.0 Å². The van der Waals surface area contributed by atoms with Gasteiger partial charge in [-0.1, -0.05) is 172 Å². The molecule has 3 fully saturated rings. The fourth-order valence-electron chi connectivity index (χ4n) is 9.83. The molecule has 3 heterocycles. The molecule has 77 heavy (non-hydrogen) atoms. The Morgan fingerprint density at radius 1 is 0.481 bits per heavy atom. The number of aliphatic hydroxyl groups excluding tert-OH is 11. The molecule has 0 aromatic carbocycles. The summed E-state index contributed by atoms with van der Waals surface area (Å²) >= 11 is 0. The number of hydrogen-bond acceptors (Lipinski definition) is 18. The molecule has 3 saturated heterocycles. The molecule has 12 N–H and O–H groups in total. The largest absolute Gasteiger partial charge is 0.394 e. The topological polar surface area (TPSA) is 307 Å². The summed E-state index contributed by atoms with van der Waals surface area (Å²) in [6.45, 7) is 1.64. The average molecular weight is 1100 g/mol. The second-order valence-electron chi connectivity index (χ2n) is 21.1. The van der Waals surface area contributed by atoms with Crippen molar-refractivity contribution in [1.29, 1.82) is 0 Å². The lowest BCUT2D eigenvalue weighted by atomic mass is 9.96. The summed E-state index contributed by atoms with van der Waals surface area (Å²) in [6, 6.07) is -0.895. The van der Waals surface area contributed by atoms with Crippen LogP contribution in [0.1, 0.15) is 181 Å². The molecular formula is C58H103NO18. The van der Waals surface area contributed by atoms with Crippen LogP contribution in [0.5, 0.6) is 0 Å². The zero-order chi connectivity index (χ0) is 56.2. The van der Waals surface area contributed by atoms with Crippen molar-refractivity contribution >= 4 is 5.91 Å². The molecule has 3 aliphatic heterocycles. The first-order chi connectivity index (χ1) is 37.3. The van der Waals surface area contributed by atoms with E-state index in [0.717, 1.165) is 89.9 Å². The smallest absolute Gasteiger partial charge is 0.220 e. The van der Waals surface area contributed by atoms with Crippen LogP contribution in [0.3, 0.4) is 0 Å². The molecule has 3 rings (SSSR count). The first-order valence-corrected chi connectivity index (χ1v) is 29.4. The van der Waals surface area contributed by atoms with Crippen molar-refractivity contribution in [2.45, 2.75) is 285 Å². The summed E-state index contributed by atoms with van der Waals surface area (Å²) in [5.74, 6) is -0.260. The highest BCUT2D eigenvalue weighted by Crippen LogP contribution is 2.33. The van der Waals surface area contributed by atoms with Gasteiger partial charge in [-0.05, 0) is 51.4 Å². The number of unbranched alkanes of at least 4 members (excludes halogenated alkanes) is 18. The minimum absolute atomic E-state index is 0.248. The molecule has 17 atom stereocenters. The molecule has 0 aromatic heterocycles. The van der Waals surface area contributed by atoms with Crippen molar-refractivity contribution in [1.82, 2.24) is 5.32 Å². The number of allylic oxidation sites excluding steroid dienone is 8. The Kier molecular flexibility index (Phi) is 37.4. The number of ether oxygens (including phenoxy) is 6. The summed E-state index contributed by atoms with van der Waals surface area (Å²) < 4.78 is 34.3. The average Bonchev–Trinajstić information content (AvgIpc) is 3.42. The molecule has 0 bridgehead atoms. The Labute approximate surface area is 459 Å². The number of nitrogens with one attached hydrogen (secondary N) is 1. The maximum absolute atomic E-state index is 13.3. The first-order valence-electron chi connectivity index (χ1n) is 29.4. The summed E-state index contributed by atoms with van der Waals surface area (Å²) in [7, 11) is 0. The van der Waals surface area contributed by atoms with Crippen LogP contribution in [-0.2, 0) is 33.2 Å². The maximum atomic E-state index is 13.3. The number of rotatable bonds is 42. The Hall–Kier alpha value is -2.25. The van der Waals surface area contributed by atoms with Gasteiger partial charge in [-0.25, -0.2) is 0 Å². The van der Waals surface area contributed by atoms with Crippen molar-refractivity contribution < 1.29 is 89.4 Å². The van der Waals surface area contributed by atoms with E-state index in [1.807, 2.05) is 0 Å². The van der Waals surface area contributed by atoms with Crippen LogP contribution >= 0.6 is 0 Å². The standard InChI is InChI=1S/C58H103NO18/c1-3-5-7-9-11-13-15-17-18-19-20-21-22-24-26-28-30-32-34-36-46(64)59-41(42(63)35-33-31-29-27-25-23-16-14-12-10-8-6-4-2)40-72-56-52(70)49(67)54(44(38-61)74-56)77-58-53(71)50(68)55(45(39-62)75-58)76-57-51(69)48(66)47(65)43(37-60)73-57/h5,7,11,13,17-18,20-21,41-45,47-58,60-63,65-71H,3-4,6,8-10,12,14-16,19,22-40H2,1-2H3,(H,59,64)/b7-5-,13-11-,18-17-,21-20-. The fraction of sp³-hybridized carbons (Fsp3) is 0.845. The van der Waals surface area contributed by atoms with Gasteiger partial charge in [0, 0.05) is 6.42 Å². The summed E-state index contributed by atoms with van der Waals surface area (Å²) in [5, 5.41) is 120. The van der Waals surface area contributed by atoms with E-state index in [0.29, 0.717) is 12.8 Å². The van der Waals surface area contributed by atoms with E-state index in [1.54, 1.807) is 0 Å². The second kappa shape index (κ2) is 41.7. The van der Waals surface area contributed by atoms with Crippen molar-refractivity contribution in [3.05, 3.63) is 48.6 Å². The van der Waals surface area contributed by atoms with Crippen LogP contribution in [0.4, 0.5) is 0 Å². The van der Waals surface area contributed by atoms with Crippen LogP contribution in [0.2, 0.25) is 0 Å². The van der Waals surface area contributed by atoms with Gasteiger partial charge in [0.1, 0.15) is 73.2 Å². The minimum Gasteiger partial charge on any atom is -0.394 e. The molecule has 0 aromatic rings. The van der Waals surface area contributed by atoms with Gasteiger partial charge < -0.3 is 89.9 Å². The van der Waals surface area contributed by atoms with Gasteiger partial charge >= 0.3 is 0 Å². The van der Waals surface area contributed by atoms with E-state index < -0.39 is 124 Å². The van der Waals surface area contributed by atoms with Crippen molar-refractivity contribution in [2.24, 2.45) is 0 Å². The molecule has 0 aliphatic carbocycles. The van der Waals surface area contributed by atoms with Crippen molar-refractivity contribution in [3.63, 3.8) is 0 Å². The molecule has 1 amide bonds. The Morgan fingerprint density at radius 2 is 0.896 bits per heavy atom. The SMILES string of the molecule is CC/C=C\C/C=C\C/C=C\C/C=C\CCCCCCCCC(=O)NC(COC1OC(CO)C(OC2OC(CO)C(OC3OC(CO)C(O)C(O)C3O)C(O)C2O)C(O)C1O)C(O)CCCCCCCCCCCCCCC. The van der Waals surface area contributed by atoms with Crippen molar-refractivity contribution in [2.75, 3.05) is 26.4 Å². The number of aliphatic hydroxyl groups is 11. The first kappa shape index (κ1) is 69.0. The highest BCUT2D eigenvalue weighted by atomic mass is 16.8. The van der Waals surface area contributed by atoms with E-state index in [4.69, 9.17) is 28.4 Å². The number of carbonyl (C=O) groups excluding carboxylic acids is 1. The highest BCUT2D eigenvalue weighted by molar-refractivity contribution is 5.76. The third-order valence-corrected chi connectivity index (χ3v) is 14.7. The van der Waals surface area contributed by atoms with E-state index in [1.165, 1.54) is 57.8 Å². The summed E-state index contributed by atoms with van der Waals surface area (Å²) in [5.41, 5.74) is 0. The lowest BCUT2D eigenvalue weighted by Gasteiger charge is -2.48. The van der Waals surface area contributed by atoms with Crippen LogP contribution in [0, 0.1) is 0 Å². The third-order valence-electron chi connectivity index (χ3n) is 14.7. The minimum atomic E-state index is -1.97. The van der Waals surface area contributed by atoms with Gasteiger partial charge in [-0.3, -0.25) is 4.79 Å². The van der Waals surface area contributed by atoms with Gasteiger partial charge in [-0.15, -0.1) is 0 Å². The normalized spacial score (nSPS) is 31.1. The second-order valence-corrected chi connectivity index (χ2v) is 21.1. The van der Waals surface area contributed by atoms with Crippen LogP contribution in [0.25, 0.3) is 0 Å². The van der Waals surface area contributed by atoms with Crippen LogP contribution in [0.15, 0.2) is 48.6 Å². The van der Waals surface area contributed by atoms with E-state index in [2.05, 4.69) is 67.8 Å². The van der Waals surface area contributed by atoms with Crippen LogP contribution < -0.4 is 5.32 Å². The molecule has 0 saturated carbocycles. The lowest BCUT2D eigenvalue weighted by molar-refractivity contribution is -0.379. The third kappa shape index (κ3) is 26.0. The molecule has 0 spiro atoms. The Morgan fingerprint density at radius 3 is 1.40 bits per heavy atom. The molecule has 19 heteroatoms. The molecule has 448 valence electrons. The van der Waals surface area contributed by atoms with Gasteiger partial charge in [-0.2, -0.15) is 0 Å². The number of carbonyl (C=O) groups is 1. The predicted molar refractivity (Wildman–Crippen MR) is 291 cm³/mol. The van der Waals surface area contributed by atoms with E-state index >= 15 is 0 Å². The molecule has 3 aliphatic rings. The summed E-state index contributed by atoms with van der Waals surface area (Å²) in [4.78, 5) is 13.3. The quantitative estimate of drug-likeness (QED) is 0.0291.